The summed E-state index contributed by atoms with van der Waals surface area (Å²) in [6.45, 7) is 2.69. The second-order valence-corrected chi connectivity index (χ2v) is 3.27. The molecular weight excluding hydrogens is 176 g/mol. The monoisotopic (exact) mass is 194 g/mol. The van der Waals surface area contributed by atoms with Crippen molar-refractivity contribution >= 4 is 5.69 Å². The molecule has 0 aliphatic heterocycles. The summed E-state index contributed by atoms with van der Waals surface area (Å²) >= 11 is 0. The van der Waals surface area contributed by atoms with Crippen LogP contribution in [0.15, 0.2) is 24.3 Å². The largest absolute Gasteiger partial charge is 0.492 e. The molecule has 3 nitrogen and oxygen atoms in total. The van der Waals surface area contributed by atoms with Gasteiger partial charge in [-0.1, -0.05) is 12.1 Å². The fraction of sp³-hybridized carbons (Fsp3) is 0.455. The molecule has 78 valence electrons. The van der Waals surface area contributed by atoms with Gasteiger partial charge in [-0.05, 0) is 19.1 Å². The zero-order valence-corrected chi connectivity index (χ0v) is 9.32. The van der Waals surface area contributed by atoms with E-state index in [1.54, 1.807) is 0 Å². The van der Waals surface area contributed by atoms with Gasteiger partial charge in [-0.2, -0.15) is 0 Å². The van der Waals surface area contributed by atoms with Gasteiger partial charge < -0.3 is 9.75 Å². The summed E-state index contributed by atoms with van der Waals surface area (Å²) in [7, 11) is 6.02. The third-order valence-corrected chi connectivity index (χ3v) is 2.11. The SMILES string of the molecule is CCOc1ccccc1N(C)N(C)C. The highest BCUT2D eigenvalue weighted by atomic mass is 16.5. The lowest BCUT2D eigenvalue weighted by Gasteiger charge is -2.28. The Morgan fingerprint density at radius 2 is 1.79 bits per heavy atom. The lowest BCUT2D eigenvalue weighted by Crippen LogP contribution is -2.33. The first-order chi connectivity index (χ1) is 6.66. The summed E-state index contributed by atoms with van der Waals surface area (Å²) in [6, 6.07) is 8.03. The lowest BCUT2D eigenvalue weighted by molar-refractivity contribution is 0.331. The maximum absolute atomic E-state index is 5.54. The molecule has 0 aliphatic carbocycles. The van der Waals surface area contributed by atoms with E-state index in [2.05, 4.69) is 0 Å². The van der Waals surface area contributed by atoms with Crippen LogP contribution >= 0.6 is 0 Å². The highest BCUT2D eigenvalue weighted by Crippen LogP contribution is 2.27. The van der Waals surface area contributed by atoms with Crippen LogP contribution < -0.4 is 9.75 Å². The molecule has 0 bridgehead atoms. The predicted molar refractivity (Wildman–Crippen MR) is 59.7 cm³/mol. The summed E-state index contributed by atoms with van der Waals surface area (Å²) in [4.78, 5) is 0. The number of hydrogen-bond donors (Lipinski definition) is 0. The molecule has 0 radical (unpaired) electrons. The zero-order valence-electron chi connectivity index (χ0n) is 9.32. The highest BCUT2D eigenvalue weighted by molar-refractivity contribution is 5.56. The predicted octanol–water partition coefficient (Wildman–Crippen LogP) is 2.00. The van der Waals surface area contributed by atoms with Gasteiger partial charge in [0.05, 0.1) is 12.3 Å². The topological polar surface area (TPSA) is 15.7 Å². The van der Waals surface area contributed by atoms with Crippen molar-refractivity contribution in [2.24, 2.45) is 0 Å². The maximum Gasteiger partial charge on any atom is 0.143 e. The van der Waals surface area contributed by atoms with E-state index in [-0.39, 0.29) is 0 Å². The van der Waals surface area contributed by atoms with Crippen molar-refractivity contribution in [1.82, 2.24) is 5.01 Å². The summed E-state index contributed by atoms with van der Waals surface area (Å²) in [5.74, 6) is 0.922. The van der Waals surface area contributed by atoms with E-state index in [1.165, 1.54) is 0 Å². The molecule has 1 aromatic rings. The number of anilines is 1. The molecule has 1 aromatic carbocycles. The number of ether oxygens (including phenoxy) is 1. The van der Waals surface area contributed by atoms with Crippen LogP contribution in [0.2, 0.25) is 0 Å². The average molecular weight is 194 g/mol. The molecular formula is C11H18N2O. The van der Waals surface area contributed by atoms with E-state index in [1.807, 2.05) is 62.4 Å². The van der Waals surface area contributed by atoms with E-state index in [0.717, 1.165) is 11.4 Å². The van der Waals surface area contributed by atoms with Crippen LogP contribution in [-0.4, -0.2) is 32.8 Å². The van der Waals surface area contributed by atoms with Crippen LogP contribution in [0.5, 0.6) is 5.75 Å². The molecule has 0 heterocycles. The maximum atomic E-state index is 5.54. The first-order valence-corrected chi connectivity index (χ1v) is 4.79. The smallest absolute Gasteiger partial charge is 0.143 e. The van der Waals surface area contributed by atoms with Gasteiger partial charge in [0.25, 0.3) is 0 Å². The molecule has 0 amide bonds. The van der Waals surface area contributed by atoms with E-state index in [0.29, 0.717) is 6.61 Å². The third kappa shape index (κ3) is 2.39. The second kappa shape index (κ2) is 4.86. The van der Waals surface area contributed by atoms with Crippen LogP contribution in [0.25, 0.3) is 0 Å². The van der Waals surface area contributed by atoms with Crippen molar-refractivity contribution in [3.63, 3.8) is 0 Å². The van der Waals surface area contributed by atoms with Crippen molar-refractivity contribution in [2.45, 2.75) is 6.92 Å². The second-order valence-electron chi connectivity index (χ2n) is 3.27. The number of nitrogens with zero attached hydrogens (tertiary/aromatic N) is 2. The van der Waals surface area contributed by atoms with E-state index in [9.17, 15) is 0 Å². The van der Waals surface area contributed by atoms with Gasteiger partial charge in [0.1, 0.15) is 5.75 Å². The molecule has 0 atom stereocenters. The highest BCUT2D eigenvalue weighted by Gasteiger charge is 2.08. The third-order valence-electron chi connectivity index (χ3n) is 2.11. The Morgan fingerprint density at radius 1 is 1.14 bits per heavy atom. The van der Waals surface area contributed by atoms with E-state index in [4.69, 9.17) is 4.74 Å². The molecule has 0 aliphatic rings. The molecule has 1 rings (SSSR count). The van der Waals surface area contributed by atoms with Crippen LogP contribution in [0.1, 0.15) is 6.92 Å². The molecule has 0 saturated heterocycles. The van der Waals surface area contributed by atoms with Crippen LogP contribution in [-0.2, 0) is 0 Å². The number of hydrogen-bond acceptors (Lipinski definition) is 3. The van der Waals surface area contributed by atoms with Gasteiger partial charge in [-0.15, -0.1) is 0 Å². The molecule has 0 fully saturated rings. The molecule has 0 unspecified atom stereocenters. The summed E-state index contributed by atoms with van der Waals surface area (Å²) < 4.78 is 5.54. The Bertz CT molecular complexity index is 286. The number of hydrazine groups is 1. The normalized spacial score (nSPS) is 10.4. The molecule has 14 heavy (non-hydrogen) atoms. The summed E-state index contributed by atoms with van der Waals surface area (Å²) in [5.41, 5.74) is 1.08. The Kier molecular flexibility index (Phi) is 3.77. The fourth-order valence-corrected chi connectivity index (χ4v) is 1.22. The van der Waals surface area contributed by atoms with Crippen molar-refractivity contribution in [3.05, 3.63) is 24.3 Å². The van der Waals surface area contributed by atoms with Crippen molar-refractivity contribution in [3.8, 4) is 5.75 Å². The zero-order chi connectivity index (χ0) is 10.6. The molecule has 0 N–H and O–H groups in total. The molecule has 0 spiro atoms. The minimum atomic E-state index is 0.693. The minimum Gasteiger partial charge on any atom is -0.492 e. The standard InChI is InChI=1S/C11H18N2O/c1-5-14-11-9-7-6-8-10(11)13(4)12(2)3/h6-9H,5H2,1-4H3. The first kappa shape index (κ1) is 10.9. The number of benzene rings is 1. The van der Waals surface area contributed by atoms with Gasteiger partial charge in [0.2, 0.25) is 0 Å². The van der Waals surface area contributed by atoms with Gasteiger partial charge in [0.15, 0.2) is 0 Å². The van der Waals surface area contributed by atoms with Gasteiger partial charge >= 0.3 is 0 Å². The van der Waals surface area contributed by atoms with Crippen molar-refractivity contribution in [1.29, 1.82) is 0 Å². The molecule has 0 saturated carbocycles. The van der Waals surface area contributed by atoms with Gasteiger partial charge in [0, 0.05) is 21.1 Å². The number of rotatable bonds is 4. The molecule has 3 heteroatoms. The van der Waals surface area contributed by atoms with Crippen LogP contribution in [0.3, 0.4) is 0 Å². The van der Waals surface area contributed by atoms with Gasteiger partial charge in [-0.25, -0.2) is 5.01 Å². The van der Waals surface area contributed by atoms with Crippen LogP contribution in [0.4, 0.5) is 5.69 Å². The Labute approximate surface area is 85.9 Å². The lowest BCUT2D eigenvalue weighted by atomic mass is 10.3. The Morgan fingerprint density at radius 3 is 2.36 bits per heavy atom. The number of para-hydroxylation sites is 2. The summed E-state index contributed by atoms with van der Waals surface area (Å²) in [5, 5.41) is 4.06. The Hall–Kier alpha value is -1.22. The summed E-state index contributed by atoms with van der Waals surface area (Å²) in [6.07, 6.45) is 0. The fourth-order valence-electron chi connectivity index (χ4n) is 1.22. The molecule has 0 aromatic heterocycles. The quantitative estimate of drug-likeness (QED) is 0.682. The van der Waals surface area contributed by atoms with Gasteiger partial charge in [-0.3, -0.25) is 0 Å². The minimum absolute atomic E-state index is 0.693. The average Bonchev–Trinajstić information content (AvgIpc) is 2.18. The van der Waals surface area contributed by atoms with Crippen molar-refractivity contribution in [2.75, 3.05) is 32.8 Å². The van der Waals surface area contributed by atoms with Crippen molar-refractivity contribution < 1.29 is 4.74 Å². The first-order valence-electron chi connectivity index (χ1n) is 4.79. The van der Waals surface area contributed by atoms with E-state index >= 15 is 0 Å². The Balaban J connectivity index is 2.94. The van der Waals surface area contributed by atoms with E-state index < -0.39 is 0 Å². The van der Waals surface area contributed by atoms with Crippen LogP contribution in [0, 0.1) is 0 Å².